The Labute approximate surface area is 173 Å². The fraction of sp³-hybridized carbons (Fsp3) is 0.0385. The smallest absolute Gasteiger partial charge is 0.249 e. The average molecular weight is 392 g/mol. The zero-order chi connectivity index (χ0) is 20.7. The van der Waals surface area contributed by atoms with Gasteiger partial charge in [-0.15, -0.1) is 0 Å². The highest BCUT2D eigenvalue weighted by molar-refractivity contribution is 6.19. The summed E-state index contributed by atoms with van der Waals surface area (Å²) < 4.78 is 2.13. The van der Waals surface area contributed by atoms with Gasteiger partial charge in [0, 0.05) is 17.5 Å². The van der Waals surface area contributed by atoms with Gasteiger partial charge < -0.3 is 15.4 Å². The minimum absolute atomic E-state index is 0.142. The first-order valence-corrected chi connectivity index (χ1v) is 9.80. The Balaban J connectivity index is 1.71. The quantitative estimate of drug-likeness (QED) is 0.435. The predicted octanol–water partition coefficient (Wildman–Crippen LogP) is 5.31. The number of hydrogen-bond acceptors (Lipinski definition) is 2. The van der Waals surface area contributed by atoms with Crippen molar-refractivity contribution in [3.05, 3.63) is 102 Å². The maximum Gasteiger partial charge on any atom is 0.249 e. The van der Waals surface area contributed by atoms with E-state index in [0.29, 0.717) is 22.9 Å². The van der Waals surface area contributed by atoms with Crippen LogP contribution in [0.1, 0.15) is 15.9 Å². The minimum Gasteiger partial charge on any atom is -0.507 e. The third kappa shape index (κ3) is 2.90. The molecule has 4 heteroatoms. The fourth-order valence-corrected chi connectivity index (χ4v) is 4.21. The van der Waals surface area contributed by atoms with Crippen molar-refractivity contribution >= 4 is 27.7 Å². The highest BCUT2D eigenvalue weighted by Crippen LogP contribution is 2.37. The molecule has 0 bridgehead atoms. The second-order valence-electron chi connectivity index (χ2n) is 7.39. The Morgan fingerprint density at radius 3 is 2.20 bits per heavy atom. The standard InChI is InChI=1S/C26H20N2O2/c27-26(30)20-11-5-12-21-24(20)25-22(13-6-14-23(25)29)28(21)16-17-7-4-10-19(15-17)18-8-2-1-3-9-18/h1-15,29H,16H2,(H2,27,30). The van der Waals surface area contributed by atoms with Crippen LogP contribution < -0.4 is 5.73 Å². The summed E-state index contributed by atoms with van der Waals surface area (Å²) in [5, 5.41) is 11.9. The number of carbonyl (C=O) groups excluding carboxylic acids is 1. The van der Waals surface area contributed by atoms with E-state index in [-0.39, 0.29) is 5.75 Å². The number of benzene rings is 4. The van der Waals surface area contributed by atoms with Gasteiger partial charge in [0.2, 0.25) is 5.91 Å². The highest BCUT2D eigenvalue weighted by atomic mass is 16.3. The molecule has 5 rings (SSSR count). The van der Waals surface area contributed by atoms with Gasteiger partial charge in [0.15, 0.2) is 0 Å². The molecule has 0 aliphatic rings. The molecule has 0 atom stereocenters. The molecular weight excluding hydrogens is 372 g/mol. The lowest BCUT2D eigenvalue weighted by molar-refractivity contribution is 0.100. The van der Waals surface area contributed by atoms with Crippen LogP contribution in [0.2, 0.25) is 0 Å². The van der Waals surface area contributed by atoms with Crippen LogP contribution in [0.25, 0.3) is 32.9 Å². The van der Waals surface area contributed by atoms with Crippen molar-refractivity contribution in [3.63, 3.8) is 0 Å². The molecule has 146 valence electrons. The van der Waals surface area contributed by atoms with Crippen LogP contribution in [0.5, 0.6) is 5.75 Å². The molecule has 0 radical (unpaired) electrons. The molecule has 3 N–H and O–H groups in total. The van der Waals surface area contributed by atoms with E-state index in [9.17, 15) is 9.90 Å². The van der Waals surface area contributed by atoms with Gasteiger partial charge in [-0.3, -0.25) is 4.79 Å². The molecule has 0 saturated heterocycles. The summed E-state index contributed by atoms with van der Waals surface area (Å²) in [4.78, 5) is 12.1. The Hall–Kier alpha value is -4.05. The van der Waals surface area contributed by atoms with E-state index >= 15 is 0 Å². The predicted molar refractivity (Wildman–Crippen MR) is 121 cm³/mol. The first-order valence-electron chi connectivity index (χ1n) is 9.80. The van der Waals surface area contributed by atoms with Crippen LogP contribution in [0.15, 0.2) is 91.0 Å². The summed E-state index contributed by atoms with van der Waals surface area (Å²) in [5.41, 5.74) is 11.2. The maximum absolute atomic E-state index is 12.1. The third-order valence-corrected chi connectivity index (χ3v) is 5.53. The molecule has 1 aromatic heterocycles. The van der Waals surface area contributed by atoms with Gasteiger partial charge in [-0.1, -0.05) is 60.7 Å². The lowest BCUT2D eigenvalue weighted by atomic mass is 10.0. The van der Waals surface area contributed by atoms with E-state index in [4.69, 9.17) is 5.73 Å². The summed E-state index contributed by atoms with van der Waals surface area (Å²) in [7, 11) is 0. The van der Waals surface area contributed by atoms with Crippen molar-refractivity contribution in [2.75, 3.05) is 0 Å². The number of amides is 1. The van der Waals surface area contributed by atoms with Crippen LogP contribution >= 0.6 is 0 Å². The molecule has 5 aromatic rings. The number of nitrogens with zero attached hydrogens (tertiary/aromatic N) is 1. The molecule has 0 aliphatic carbocycles. The summed E-state index contributed by atoms with van der Waals surface area (Å²) in [6.45, 7) is 0.604. The summed E-state index contributed by atoms with van der Waals surface area (Å²) in [5.74, 6) is -0.364. The average Bonchev–Trinajstić information content (AvgIpc) is 3.09. The monoisotopic (exact) mass is 392 g/mol. The minimum atomic E-state index is -0.506. The normalized spacial score (nSPS) is 11.2. The largest absolute Gasteiger partial charge is 0.507 e. The number of carbonyl (C=O) groups is 1. The van der Waals surface area contributed by atoms with E-state index in [1.54, 1.807) is 12.1 Å². The SMILES string of the molecule is NC(=O)c1cccc2c1c1c(O)cccc1n2Cc1cccc(-c2ccccc2)c1. The van der Waals surface area contributed by atoms with Gasteiger partial charge in [-0.25, -0.2) is 0 Å². The number of fused-ring (bicyclic) bond motifs is 3. The summed E-state index contributed by atoms with van der Waals surface area (Å²) in [6.07, 6.45) is 0. The lowest BCUT2D eigenvalue weighted by Gasteiger charge is -2.10. The number of aromatic hydroxyl groups is 1. The van der Waals surface area contributed by atoms with E-state index in [2.05, 4.69) is 41.0 Å². The first kappa shape index (κ1) is 18.0. The molecule has 1 heterocycles. The zero-order valence-corrected chi connectivity index (χ0v) is 16.2. The van der Waals surface area contributed by atoms with Gasteiger partial charge in [-0.05, 0) is 47.0 Å². The van der Waals surface area contributed by atoms with Crippen molar-refractivity contribution in [1.82, 2.24) is 4.57 Å². The van der Waals surface area contributed by atoms with Crippen molar-refractivity contribution in [2.24, 2.45) is 5.73 Å². The van der Waals surface area contributed by atoms with Crippen LogP contribution in [0.3, 0.4) is 0 Å². The molecule has 30 heavy (non-hydrogen) atoms. The Morgan fingerprint density at radius 1 is 0.767 bits per heavy atom. The third-order valence-electron chi connectivity index (χ3n) is 5.53. The summed E-state index contributed by atoms with van der Waals surface area (Å²) in [6, 6.07) is 29.6. The van der Waals surface area contributed by atoms with E-state index in [1.807, 2.05) is 42.5 Å². The van der Waals surface area contributed by atoms with E-state index < -0.39 is 5.91 Å². The molecule has 1 amide bonds. The number of hydrogen-bond donors (Lipinski definition) is 2. The topological polar surface area (TPSA) is 68.2 Å². The number of rotatable bonds is 4. The lowest BCUT2D eigenvalue weighted by Crippen LogP contribution is -2.11. The van der Waals surface area contributed by atoms with Gasteiger partial charge in [0.05, 0.1) is 16.4 Å². The van der Waals surface area contributed by atoms with Crippen LogP contribution in [0.4, 0.5) is 0 Å². The fourth-order valence-electron chi connectivity index (χ4n) is 4.21. The van der Waals surface area contributed by atoms with Crippen molar-refractivity contribution in [2.45, 2.75) is 6.54 Å². The van der Waals surface area contributed by atoms with Gasteiger partial charge in [-0.2, -0.15) is 0 Å². The molecule has 0 saturated carbocycles. The van der Waals surface area contributed by atoms with E-state index in [1.165, 1.54) is 0 Å². The van der Waals surface area contributed by atoms with Crippen LogP contribution in [0, 0.1) is 0 Å². The Kier molecular flexibility index (Phi) is 4.25. The molecular formula is C26H20N2O2. The van der Waals surface area contributed by atoms with Crippen LogP contribution in [-0.4, -0.2) is 15.6 Å². The Bertz CT molecular complexity index is 1400. The highest BCUT2D eigenvalue weighted by Gasteiger charge is 2.18. The maximum atomic E-state index is 12.1. The van der Waals surface area contributed by atoms with E-state index in [0.717, 1.165) is 27.7 Å². The van der Waals surface area contributed by atoms with Crippen LogP contribution in [-0.2, 0) is 6.54 Å². The van der Waals surface area contributed by atoms with Gasteiger partial charge >= 0.3 is 0 Å². The number of nitrogens with two attached hydrogens (primary N) is 1. The first-order chi connectivity index (χ1) is 14.6. The second kappa shape index (κ2) is 7.08. The Morgan fingerprint density at radius 2 is 1.43 bits per heavy atom. The zero-order valence-electron chi connectivity index (χ0n) is 16.2. The number of aromatic nitrogens is 1. The molecule has 0 spiro atoms. The van der Waals surface area contributed by atoms with Gasteiger partial charge in [0.1, 0.15) is 5.75 Å². The molecule has 0 unspecified atom stereocenters. The number of primary amides is 1. The number of phenols is 1. The summed E-state index contributed by atoms with van der Waals surface area (Å²) >= 11 is 0. The van der Waals surface area contributed by atoms with Crippen molar-refractivity contribution < 1.29 is 9.90 Å². The van der Waals surface area contributed by atoms with Gasteiger partial charge in [0.25, 0.3) is 0 Å². The second-order valence-corrected chi connectivity index (χ2v) is 7.39. The molecule has 0 aliphatic heterocycles. The number of phenolic OH excluding ortho intramolecular Hbond substituents is 1. The van der Waals surface area contributed by atoms with Crippen molar-refractivity contribution in [3.8, 4) is 16.9 Å². The molecule has 4 nitrogen and oxygen atoms in total. The molecule has 0 fully saturated rings. The molecule has 4 aromatic carbocycles. The van der Waals surface area contributed by atoms with Crippen molar-refractivity contribution in [1.29, 1.82) is 0 Å².